The van der Waals surface area contributed by atoms with Gasteiger partial charge < -0.3 is 84.6 Å². The molecule has 2 aliphatic rings. The van der Waals surface area contributed by atoms with E-state index in [1.807, 2.05) is 0 Å². The van der Waals surface area contributed by atoms with Crippen molar-refractivity contribution < 1.29 is 84.6 Å². The van der Waals surface area contributed by atoms with Crippen LogP contribution in [0.5, 0.6) is 34.5 Å². The largest absolute Gasteiger partial charge is 0.507 e. The molecule has 0 radical (unpaired) electrons. The summed E-state index contributed by atoms with van der Waals surface area (Å²) in [5.41, 5.74) is -1.89. The van der Waals surface area contributed by atoms with Crippen molar-refractivity contribution in [3.05, 3.63) is 34.5 Å². The van der Waals surface area contributed by atoms with E-state index in [0.717, 1.165) is 24.3 Å². The third kappa shape index (κ3) is 5.79. The van der Waals surface area contributed by atoms with Crippen molar-refractivity contribution in [1.29, 1.82) is 0 Å². The lowest BCUT2D eigenvalue weighted by atomic mass is 9.99. The summed E-state index contributed by atoms with van der Waals surface area (Å²) in [6, 6.07) is 3.62. The number of rotatable bonds is 7. The van der Waals surface area contributed by atoms with Crippen LogP contribution < -0.4 is 14.9 Å². The van der Waals surface area contributed by atoms with Crippen LogP contribution in [0.2, 0.25) is 0 Å². The Morgan fingerprint density at radius 3 is 1.67 bits per heavy atom. The van der Waals surface area contributed by atoms with Crippen molar-refractivity contribution in [2.24, 2.45) is 0 Å². The number of ether oxygens (including phenoxy) is 4. The standard InChI is InChI=1S/C27H30O18/c28-5-13-17(34)20(37)22(39)26(43-13)41-8-3-9(30)15-12(4-8)42-24(7-1-10(31)16(33)11(32)2-7)25(19(15)36)45-27-23(40)21(38)18(35)14(6-29)44-27/h1-4,13-14,17-18,20-23,26-35,37-40H,5-6H2. The second-order valence-electron chi connectivity index (χ2n) is 10.4. The van der Waals surface area contributed by atoms with Crippen LogP contribution in [0.25, 0.3) is 22.3 Å². The number of aliphatic hydroxyl groups is 8. The molecule has 12 N–H and O–H groups in total. The van der Waals surface area contributed by atoms with Crippen molar-refractivity contribution in [3.8, 4) is 45.8 Å². The van der Waals surface area contributed by atoms with Gasteiger partial charge in [0, 0.05) is 17.7 Å². The number of fused-ring (bicyclic) bond motifs is 1. The fourth-order valence-electron chi connectivity index (χ4n) is 4.94. The highest BCUT2D eigenvalue weighted by Gasteiger charge is 2.46. The molecule has 3 heterocycles. The average Bonchev–Trinajstić information content (AvgIpc) is 3.00. The Bertz CT molecular complexity index is 1580. The Kier molecular flexibility index (Phi) is 8.97. The van der Waals surface area contributed by atoms with E-state index in [9.17, 15) is 66.1 Å². The molecule has 2 aromatic carbocycles. The maximum atomic E-state index is 13.8. The van der Waals surface area contributed by atoms with Crippen molar-refractivity contribution in [2.45, 2.75) is 61.4 Å². The lowest BCUT2D eigenvalue weighted by Crippen LogP contribution is -2.60. The van der Waals surface area contributed by atoms with E-state index in [1.165, 1.54) is 0 Å². The fourth-order valence-corrected chi connectivity index (χ4v) is 4.94. The molecule has 1 aromatic heterocycles. The number of phenolic OH excluding ortho intramolecular Hbond substituents is 4. The first kappa shape index (κ1) is 32.4. The maximum Gasteiger partial charge on any atom is 0.239 e. The molecule has 45 heavy (non-hydrogen) atoms. The lowest BCUT2D eigenvalue weighted by molar-refractivity contribution is -0.277. The maximum absolute atomic E-state index is 13.8. The zero-order valence-corrected chi connectivity index (χ0v) is 22.8. The van der Waals surface area contributed by atoms with Gasteiger partial charge in [-0.1, -0.05) is 0 Å². The van der Waals surface area contributed by atoms with E-state index in [-0.39, 0.29) is 11.3 Å². The molecule has 18 nitrogen and oxygen atoms in total. The minimum absolute atomic E-state index is 0.305. The van der Waals surface area contributed by atoms with Gasteiger partial charge in [-0.2, -0.15) is 0 Å². The first-order chi connectivity index (χ1) is 21.3. The van der Waals surface area contributed by atoms with E-state index in [0.29, 0.717) is 0 Å². The summed E-state index contributed by atoms with van der Waals surface area (Å²) >= 11 is 0. The molecule has 10 atom stereocenters. The van der Waals surface area contributed by atoms with Crippen LogP contribution in [-0.4, -0.2) is 136 Å². The number of aromatic hydroxyl groups is 4. The minimum atomic E-state index is -1.99. The zero-order valence-electron chi connectivity index (χ0n) is 22.8. The molecule has 18 heteroatoms. The van der Waals surface area contributed by atoms with Crippen LogP contribution in [0.15, 0.2) is 33.5 Å². The SMILES string of the molecule is O=c1c(OC2OC(CO)C(O)C(O)C2O)c(-c2cc(O)c(O)c(O)c2)oc2cc(OC3OC(CO)C(O)C(O)C3O)cc(O)c12. The molecule has 3 aromatic rings. The summed E-state index contributed by atoms with van der Waals surface area (Å²) in [7, 11) is 0. The number of aliphatic hydroxyl groups excluding tert-OH is 8. The first-order valence-corrected chi connectivity index (χ1v) is 13.3. The van der Waals surface area contributed by atoms with Gasteiger partial charge in [-0.3, -0.25) is 4.79 Å². The molecule has 10 unspecified atom stereocenters. The Morgan fingerprint density at radius 2 is 1.16 bits per heavy atom. The van der Waals surface area contributed by atoms with E-state index >= 15 is 0 Å². The molecule has 0 spiro atoms. The number of benzene rings is 2. The predicted molar refractivity (Wildman–Crippen MR) is 143 cm³/mol. The van der Waals surface area contributed by atoms with Crippen LogP contribution in [0, 0.1) is 0 Å². The van der Waals surface area contributed by atoms with Gasteiger partial charge in [0.2, 0.25) is 23.8 Å². The Hall–Kier alpha value is -3.95. The highest BCUT2D eigenvalue weighted by atomic mass is 16.7. The van der Waals surface area contributed by atoms with Gasteiger partial charge in [0.05, 0.1) is 13.2 Å². The van der Waals surface area contributed by atoms with Crippen LogP contribution in [0.3, 0.4) is 0 Å². The highest BCUT2D eigenvalue weighted by molar-refractivity contribution is 5.88. The third-order valence-corrected chi connectivity index (χ3v) is 7.42. The predicted octanol–water partition coefficient (Wildman–Crippen LogP) is -3.36. The quantitative estimate of drug-likeness (QED) is 0.112. The van der Waals surface area contributed by atoms with Gasteiger partial charge in [-0.15, -0.1) is 0 Å². The normalized spacial score (nSPS) is 32.0. The molecule has 0 amide bonds. The Labute approximate surface area is 250 Å². The molecule has 246 valence electrons. The number of hydrogen-bond donors (Lipinski definition) is 12. The summed E-state index contributed by atoms with van der Waals surface area (Å²) in [6.45, 7) is -1.59. The number of phenols is 4. The summed E-state index contributed by atoms with van der Waals surface area (Å²) in [5.74, 6) is -5.21. The zero-order chi connectivity index (χ0) is 32.9. The van der Waals surface area contributed by atoms with Gasteiger partial charge in [0.1, 0.15) is 71.3 Å². The highest BCUT2D eigenvalue weighted by Crippen LogP contribution is 2.43. The van der Waals surface area contributed by atoms with Gasteiger partial charge in [0.15, 0.2) is 23.0 Å². The Balaban J connectivity index is 1.62. The molecule has 5 rings (SSSR count). The molecular formula is C27H30O18. The minimum Gasteiger partial charge on any atom is -0.507 e. The van der Waals surface area contributed by atoms with Crippen molar-refractivity contribution in [3.63, 3.8) is 0 Å². The summed E-state index contributed by atoms with van der Waals surface area (Å²) in [5, 5.41) is 120. The van der Waals surface area contributed by atoms with Gasteiger partial charge in [-0.25, -0.2) is 0 Å². The molecule has 0 aliphatic carbocycles. The second-order valence-corrected chi connectivity index (χ2v) is 10.4. The van der Waals surface area contributed by atoms with E-state index in [2.05, 4.69) is 0 Å². The monoisotopic (exact) mass is 642 g/mol. The second kappa shape index (κ2) is 12.4. The van der Waals surface area contributed by atoms with Crippen LogP contribution >= 0.6 is 0 Å². The van der Waals surface area contributed by atoms with Crippen LogP contribution in [0.4, 0.5) is 0 Å². The third-order valence-electron chi connectivity index (χ3n) is 7.42. The molecular weight excluding hydrogens is 612 g/mol. The van der Waals surface area contributed by atoms with E-state index in [1.54, 1.807) is 0 Å². The fraction of sp³-hybridized carbons (Fsp3) is 0.444. The molecule has 0 saturated carbocycles. The van der Waals surface area contributed by atoms with Crippen molar-refractivity contribution >= 4 is 11.0 Å². The smallest absolute Gasteiger partial charge is 0.239 e. The first-order valence-electron chi connectivity index (χ1n) is 13.3. The molecule has 2 aliphatic heterocycles. The topological polar surface area (TPSA) is 310 Å². The molecule has 2 fully saturated rings. The van der Waals surface area contributed by atoms with Gasteiger partial charge >= 0.3 is 0 Å². The van der Waals surface area contributed by atoms with Crippen molar-refractivity contribution in [1.82, 2.24) is 0 Å². The molecule has 0 bridgehead atoms. The van der Waals surface area contributed by atoms with Crippen LogP contribution in [0.1, 0.15) is 0 Å². The van der Waals surface area contributed by atoms with Gasteiger partial charge in [0.25, 0.3) is 0 Å². The lowest BCUT2D eigenvalue weighted by Gasteiger charge is -2.39. The Morgan fingerprint density at radius 1 is 0.644 bits per heavy atom. The average molecular weight is 643 g/mol. The summed E-state index contributed by atoms with van der Waals surface area (Å²) in [6.07, 6.45) is -17.4. The summed E-state index contributed by atoms with van der Waals surface area (Å²) < 4.78 is 27.5. The molecule has 2 saturated heterocycles. The van der Waals surface area contributed by atoms with Gasteiger partial charge in [-0.05, 0) is 12.1 Å². The van der Waals surface area contributed by atoms with Crippen molar-refractivity contribution in [2.75, 3.05) is 13.2 Å². The summed E-state index contributed by atoms with van der Waals surface area (Å²) in [4.78, 5) is 13.8. The van der Waals surface area contributed by atoms with E-state index < -0.39 is 126 Å². The number of hydrogen-bond acceptors (Lipinski definition) is 18. The van der Waals surface area contributed by atoms with E-state index in [4.69, 9.17) is 23.4 Å². The van der Waals surface area contributed by atoms with Crippen LogP contribution in [-0.2, 0) is 9.47 Å².